The van der Waals surface area contributed by atoms with Crippen LogP contribution in [0.5, 0.6) is 0 Å². The van der Waals surface area contributed by atoms with E-state index >= 15 is 0 Å². The van der Waals surface area contributed by atoms with Crippen LogP contribution in [0.4, 0.5) is 16.4 Å². The van der Waals surface area contributed by atoms with Crippen molar-refractivity contribution in [3.05, 3.63) is 60.9 Å². The maximum absolute atomic E-state index is 11.7. The molecule has 26 heavy (non-hydrogen) atoms. The zero-order valence-electron chi connectivity index (χ0n) is 14.8. The first-order valence-corrected chi connectivity index (χ1v) is 8.75. The van der Waals surface area contributed by atoms with Gasteiger partial charge in [-0.05, 0) is 18.2 Å². The molecule has 0 radical (unpaired) electrons. The fourth-order valence-corrected chi connectivity index (χ4v) is 2.94. The summed E-state index contributed by atoms with van der Waals surface area (Å²) >= 11 is 0. The molecule has 136 valence electrons. The number of carbonyl (C=O) groups excluding carboxylic acids is 1. The standard InChI is InChI=1S/C19H24N6O/c1-2-8-22-19(26)23-15-16-6-5-10-21-18(16)25-13-11-24(12-14-25)17-7-3-4-9-20-17/h2-7,9-10H,1,8,11-15H2,(H2,22,23,26). The minimum absolute atomic E-state index is 0.209. The average Bonchev–Trinajstić information content (AvgIpc) is 2.72. The molecule has 0 atom stereocenters. The van der Waals surface area contributed by atoms with Crippen LogP contribution in [0.1, 0.15) is 5.56 Å². The van der Waals surface area contributed by atoms with E-state index in [0.717, 1.165) is 43.4 Å². The van der Waals surface area contributed by atoms with Crippen molar-refractivity contribution >= 4 is 17.7 Å². The van der Waals surface area contributed by atoms with Crippen LogP contribution in [0, 0.1) is 0 Å². The van der Waals surface area contributed by atoms with E-state index in [1.54, 1.807) is 12.3 Å². The molecule has 1 aliphatic heterocycles. The fourth-order valence-electron chi connectivity index (χ4n) is 2.94. The Morgan fingerprint density at radius 2 is 1.81 bits per heavy atom. The Morgan fingerprint density at radius 3 is 2.54 bits per heavy atom. The molecule has 0 unspecified atom stereocenters. The number of hydrogen-bond acceptors (Lipinski definition) is 5. The van der Waals surface area contributed by atoms with E-state index in [2.05, 4.69) is 37.0 Å². The molecule has 3 heterocycles. The number of piperazine rings is 1. The topological polar surface area (TPSA) is 73.4 Å². The lowest BCUT2D eigenvalue weighted by Gasteiger charge is -2.36. The number of hydrogen-bond donors (Lipinski definition) is 2. The molecule has 0 aliphatic carbocycles. The number of nitrogens with one attached hydrogen (secondary N) is 2. The molecule has 2 amide bonds. The third-order valence-electron chi connectivity index (χ3n) is 4.27. The van der Waals surface area contributed by atoms with Crippen molar-refractivity contribution in [2.45, 2.75) is 6.54 Å². The highest BCUT2D eigenvalue weighted by Crippen LogP contribution is 2.20. The number of anilines is 2. The summed E-state index contributed by atoms with van der Waals surface area (Å²) in [6.45, 7) is 7.98. The smallest absolute Gasteiger partial charge is 0.315 e. The summed E-state index contributed by atoms with van der Waals surface area (Å²) in [5, 5.41) is 5.57. The van der Waals surface area contributed by atoms with Gasteiger partial charge in [0.15, 0.2) is 0 Å². The van der Waals surface area contributed by atoms with Crippen molar-refractivity contribution in [2.24, 2.45) is 0 Å². The molecule has 2 aromatic heterocycles. The third-order valence-corrected chi connectivity index (χ3v) is 4.27. The van der Waals surface area contributed by atoms with Gasteiger partial charge in [-0.2, -0.15) is 0 Å². The van der Waals surface area contributed by atoms with Crippen molar-refractivity contribution in [1.82, 2.24) is 20.6 Å². The number of rotatable bonds is 6. The Bertz CT molecular complexity index is 728. The summed E-state index contributed by atoms with van der Waals surface area (Å²) in [6.07, 6.45) is 5.26. The molecule has 0 aromatic carbocycles. The van der Waals surface area contributed by atoms with Crippen LogP contribution < -0.4 is 20.4 Å². The predicted molar refractivity (Wildman–Crippen MR) is 103 cm³/mol. The molecule has 1 saturated heterocycles. The van der Waals surface area contributed by atoms with Gasteiger partial charge in [0, 0.05) is 57.2 Å². The Labute approximate surface area is 153 Å². The van der Waals surface area contributed by atoms with Crippen LogP contribution in [-0.4, -0.2) is 48.7 Å². The summed E-state index contributed by atoms with van der Waals surface area (Å²) in [6, 6.07) is 9.66. The van der Waals surface area contributed by atoms with E-state index in [1.807, 2.05) is 36.5 Å². The zero-order chi connectivity index (χ0) is 18.2. The summed E-state index contributed by atoms with van der Waals surface area (Å²) in [5.41, 5.74) is 1.01. The predicted octanol–water partition coefficient (Wildman–Crippen LogP) is 1.79. The van der Waals surface area contributed by atoms with Crippen molar-refractivity contribution in [3.63, 3.8) is 0 Å². The van der Waals surface area contributed by atoms with Crippen molar-refractivity contribution < 1.29 is 4.79 Å². The summed E-state index contributed by atoms with van der Waals surface area (Å²) < 4.78 is 0. The van der Waals surface area contributed by atoms with Gasteiger partial charge in [-0.25, -0.2) is 14.8 Å². The number of aromatic nitrogens is 2. The van der Waals surface area contributed by atoms with Crippen LogP contribution in [0.15, 0.2) is 55.4 Å². The highest BCUT2D eigenvalue weighted by atomic mass is 16.2. The van der Waals surface area contributed by atoms with Gasteiger partial charge in [-0.15, -0.1) is 6.58 Å². The van der Waals surface area contributed by atoms with Gasteiger partial charge >= 0.3 is 6.03 Å². The fraction of sp³-hybridized carbons (Fsp3) is 0.316. The SMILES string of the molecule is C=CCNC(=O)NCc1cccnc1N1CCN(c2ccccn2)CC1. The Morgan fingerprint density at radius 1 is 1.04 bits per heavy atom. The lowest BCUT2D eigenvalue weighted by Crippen LogP contribution is -2.47. The van der Waals surface area contributed by atoms with Gasteiger partial charge in [0.05, 0.1) is 0 Å². The molecule has 1 aliphatic rings. The van der Waals surface area contributed by atoms with E-state index in [9.17, 15) is 4.79 Å². The maximum atomic E-state index is 11.7. The molecule has 2 aromatic rings. The van der Waals surface area contributed by atoms with E-state index in [4.69, 9.17) is 0 Å². The highest BCUT2D eigenvalue weighted by molar-refractivity contribution is 5.74. The van der Waals surface area contributed by atoms with Crippen LogP contribution in [0.3, 0.4) is 0 Å². The lowest BCUT2D eigenvalue weighted by atomic mass is 10.2. The van der Waals surface area contributed by atoms with Gasteiger partial charge in [0.2, 0.25) is 0 Å². The molecule has 2 N–H and O–H groups in total. The van der Waals surface area contributed by atoms with Gasteiger partial charge in [0.25, 0.3) is 0 Å². The Kier molecular flexibility index (Phi) is 6.03. The first-order chi connectivity index (χ1) is 12.8. The average molecular weight is 352 g/mol. The number of urea groups is 1. The van der Waals surface area contributed by atoms with Gasteiger partial charge in [-0.1, -0.05) is 18.2 Å². The summed E-state index contributed by atoms with van der Waals surface area (Å²) in [5.74, 6) is 1.94. The van der Waals surface area contributed by atoms with E-state index in [-0.39, 0.29) is 6.03 Å². The largest absolute Gasteiger partial charge is 0.353 e. The molecular weight excluding hydrogens is 328 g/mol. The minimum Gasteiger partial charge on any atom is -0.353 e. The molecule has 0 bridgehead atoms. The van der Waals surface area contributed by atoms with Crippen LogP contribution in [-0.2, 0) is 6.54 Å². The molecule has 0 spiro atoms. The number of nitrogens with zero attached hydrogens (tertiary/aromatic N) is 4. The molecular formula is C19H24N6O. The summed E-state index contributed by atoms with van der Waals surface area (Å²) in [7, 11) is 0. The minimum atomic E-state index is -0.209. The molecule has 7 heteroatoms. The summed E-state index contributed by atoms with van der Waals surface area (Å²) in [4.78, 5) is 25.3. The van der Waals surface area contributed by atoms with E-state index in [1.165, 1.54) is 0 Å². The zero-order valence-corrected chi connectivity index (χ0v) is 14.8. The van der Waals surface area contributed by atoms with Crippen LogP contribution >= 0.6 is 0 Å². The molecule has 7 nitrogen and oxygen atoms in total. The number of pyridine rings is 2. The molecule has 3 rings (SSSR count). The Hall–Kier alpha value is -3.09. The second kappa shape index (κ2) is 8.84. The van der Waals surface area contributed by atoms with Gasteiger partial charge < -0.3 is 20.4 Å². The highest BCUT2D eigenvalue weighted by Gasteiger charge is 2.20. The quantitative estimate of drug-likeness (QED) is 0.776. The number of carbonyl (C=O) groups is 1. The van der Waals surface area contributed by atoms with Crippen molar-refractivity contribution in [3.8, 4) is 0 Å². The third kappa shape index (κ3) is 4.50. The van der Waals surface area contributed by atoms with E-state index < -0.39 is 0 Å². The second-order valence-corrected chi connectivity index (χ2v) is 6.00. The van der Waals surface area contributed by atoms with Gasteiger partial charge in [-0.3, -0.25) is 0 Å². The van der Waals surface area contributed by atoms with E-state index in [0.29, 0.717) is 13.1 Å². The lowest BCUT2D eigenvalue weighted by molar-refractivity contribution is 0.241. The number of amides is 2. The first-order valence-electron chi connectivity index (χ1n) is 8.75. The monoisotopic (exact) mass is 352 g/mol. The second-order valence-electron chi connectivity index (χ2n) is 6.00. The van der Waals surface area contributed by atoms with Crippen LogP contribution in [0.2, 0.25) is 0 Å². The van der Waals surface area contributed by atoms with Crippen molar-refractivity contribution in [1.29, 1.82) is 0 Å². The maximum Gasteiger partial charge on any atom is 0.315 e. The first kappa shape index (κ1) is 17.7. The van der Waals surface area contributed by atoms with Crippen LogP contribution in [0.25, 0.3) is 0 Å². The normalized spacial score (nSPS) is 14.0. The van der Waals surface area contributed by atoms with Crippen molar-refractivity contribution in [2.75, 3.05) is 42.5 Å². The molecule has 0 saturated carbocycles. The molecule has 1 fully saturated rings. The Balaban J connectivity index is 1.60. The van der Waals surface area contributed by atoms with Gasteiger partial charge in [0.1, 0.15) is 11.6 Å².